The van der Waals surface area contributed by atoms with Crippen molar-refractivity contribution in [3.05, 3.63) is 54.3 Å². The van der Waals surface area contributed by atoms with Gasteiger partial charge in [0.2, 0.25) is 5.91 Å². The van der Waals surface area contributed by atoms with E-state index in [1.54, 1.807) is 12.1 Å². The predicted molar refractivity (Wildman–Crippen MR) is 90.4 cm³/mol. The Balaban J connectivity index is 1.79. The Morgan fingerprint density at radius 3 is 2.57 bits per heavy atom. The lowest BCUT2D eigenvalue weighted by Gasteiger charge is -2.09. The van der Waals surface area contributed by atoms with E-state index in [4.69, 9.17) is 4.74 Å². The molecule has 2 aromatic rings. The summed E-state index contributed by atoms with van der Waals surface area (Å²) in [5, 5.41) is 5.51. The van der Waals surface area contributed by atoms with Crippen LogP contribution in [0.25, 0.3) is 0 Å². The van der Waals surface area contributed by atoms with Gasteiger partial charge in [0.15, 0.2) is 0 Å². The summed E-state index contributed by atoms with van der Waals surface area (Å²) in [6, 6.07) is 13.5. The van der Waals surface area contributed by atoms with Crippen molar-refractivity contribution in [2.75, 3.05) is 23.8 Å². The molecule has 0 aliphatic carbocycles. The summed E-state index contributed by atoms with van der Waals surface area (Å²) in [6.45, 7) is 2.88. The third-order valence-electron chi connectivity index (χ3n) is 3.22. The van der Waals surface area contributed by atoms with Crippen molar-refractivity contribution in [2.24, 2.45) is 0 Å². The molecule has 0 saturated carbocycles. The molecule has 0 spiro atoms. The SMILES string of the molecule is CCCCOc1ccc(NCC(=O)Nc2ccccc2F)cc1. The number of amides is 1. The molecule has 0 saturated heterocycles. The number of anilines is 2. The van der Waals surface area contributed by atoms with E-state index in [1.807, 2.05) is 24.3 Å². The molecule has 0 fully saturated rings. The Morgan fingerprint density at radius 1 is 1.13 bits per heavy atom. The van der Waals surface area contributed by atoms with Gasteiger partial charge in [0.1, 0.15) is 11.6 Å². The summed E-state index contributed by atoms with van der Waals surface area (Å²) in [5.41, 5.74) is 0.982. The monoisotopic (exact) mass is 316 g/mol. The fraction of sp³-hybridized carbons (Fsp3) is 0.278. The standard InChI is InChI=1S/C18H21FN2O2/c1-2-3-12-23-15-10-8-14(9-11-15)20-13-18(22)21-17-7-5-4-6-16(17)19/h4-11,20H,2-3,12-13H2,1H3,(H,21,22). The molecule has 0 aliphatic rings. The van der Waals surface area contributed by atoms with Crippen LogP contribution < -0.4 is 15.4 Å². The number of para-hydroxylation sites is 1. The lowest BCUT2D eigenvalue weighted by atomic mass is 10.3. The lowest BCUT2D eigenvalue weighted by molar-refractivity contribution is -0.114. The van der Waals surface area contributed by atoms with Gasteiger partial charge in [0.05, 0.1) is 18.8 Å². The topological polar surface area (TPSA) is 50.4 Å². The predicted octanol–water partition coefficient (Wildman–Crippen LogP) is 4.06. The van der Waals surface area contributed by atoms with Crippen LogP contribution in [0, 0.1) is 5.82 Å². The number of rotatable bonds is 8. The number of ether oxygens (including phenoxy) is 1. The molecule has 4 nitrogen and oxygen atoms in total. The van der Waals surface area contributed by atoms with Crippen molar-refractivity contribution in [1.82, 2.24) is 0 Å². The van der Waals surface area contributed by atoms with Gasteiger partial charge in [-0.05, 0) is 42.8 Å². The quantitative estimate of drug-likeness (QED) is 0.722. The zero-order valence-corrected chi connectivity index (χ0v) is 13.1. The molecule has 2 N–H and O–H groups in total. The first-order valence-corrected chi connectivity index (χ1v) is 7.70. The van der Waals surface area contributed by atoms with Crippen LogP contribution in [0.2, 0.25) is 0 Å². The van der Waals surface area contributed by atoms with Crippen molar-refractivity contribution >= 4 is 17.3 Å². The lowest BCUT2D eigenvalue weighted by Crippen LogP contribution is -2.22. The second-order valence-corrected chi connectivity index (χ2v) is 5.11. The molecular weight excluding hydrogens is 295 g/mol. The fourth-order valence-electron chi connectivity index (χ4n) is 1.94. The summed E-state index contributed by atoms with van der Waals surface area (Å²) in [4.78, 5) is 11.8. The first-order chi connectivity index (χ1) is 11.2. The minimum Gasteiger partial charge on any atom is -0.494 e. The zero-order chi connectivity index (χ0) is 16.5. The van der Waals surface area contributed by atoms with E-state index in [0.29, 0.717) is 6.61 Å². The molecule has 1 amide bonds. The zero-order valence-electron chi connectivity index (χ0n) is 13.1. The van der Waals surface area contributed by atoms with Crippen molar-refractivity contribution in [3.8, 4) is 5.75 Å². The van der Waals surface area contributed by atoms with E-state index in [0.717, 1.165) is 24.3 Å². The Labute approximate surface area is 135 Å². The second kappa shape index (κ2) is 8.78. The average molecular weight is 316 g/mol. The van der Waals surface area contributed by atoms with Crippen LogP contribution in [0.4, 0.5) is 15.8 Å². The molecule has 0 radical (unpaired) electrons. The molecule has 0 aliphatic heterocycles. The van der Waals surface area contributed by atoms with Crippen LogP contribution in [0.5, 0.6) is 5.75 Å². The summed E-state index contributed by atoms with van der Waals surface area (Å²) < 4.78 is 19.0. The molecule has 0 aromatic heterocycles. The molecule has 5 heteroatoms. The Bertz CT molecular complexity index is 629. The number of unbranched alkanes of at least 4 members (excludes halogenated alkanes) is 1. The minimum absolute atomic E-state index is 0.0599. The number of nitrogens with one attached hydrogen (secondary N) is 2. The molecule has 2 aromatic carbocycles. The van der Waals surface area contributed by atoms with Gasteiger partial charge >= 0.3 is 0 Å². The second-order valence-electron chi connectivity index (χ2n) is 5.11. The smallest absolute Gasteiger partial charge is 0.243 e. The number of halogens is 1. The highest BCUT2D eigenvalue weighted by atomic mass is 19.1. The van der Waals surface area contributed by atoms with Gasteiger partial charge in [-0.15, -0.1) is 0 Å². The van der Waals surface area contributed by atoms with E-state index in [9.17, 15) is 9.18 Å². The van der Waals surface area contributed by atoms with Gasteiger partial charge in [0.25, 0.3) is 0 Å². The number of carbonyl (C=O) groups is 1. The molecule has 0 unspecified atom stereocenters. The summed E-state index contributed by atoms with van der Waals surface area (Å²) in [5.74, 6) is 0.0487. The van der Waals surface area contributed by atoms with Gasteiger partial charge in [0, 0.05) is 5.69 Å². The fourth-order valence-corrected chi connectivity index (χ4v) is 1.94. The summed E-state index contributed by atoms with van der Waals surface area (Å²) in [6.07, 6.45) is 2.12. The largest absolute Gasteiger partial charge is 0.494 e. The first-order valence-electron chi connectivity index (χ1n) is 7.70. The van der Waals surface area contributed by atoms with Crippen molar-refractivity contribution < 1.29 is 13.9 Å². The van der Waals surface area contributed by atoms with Gasteiger partial charge in [-0.1, -0.05) is 25.5 Å². The molecule has 0 heterocycles. The molecular formula is C18H21FN2O2. The van der Waals surface area contributed by atoms with Crippen molar-refractivity contribution in [1.29, 1.82) is 0 Å². The third-order valence-corrected chi connectivity index (χ3v) is 3.22. The number of carbonyl (C=O) groups excluding carboxylic acids is 1. The van der Waals surface area contributed by atoms with Gasteiger partial charge in [-0.2, -0.15) is 0 Å². The normalized spacial score (nSPS) is 10.2. The van der Waals surface area contributed by atoms with E-state index in [1.165, 1.54) is 12.1 Å². The highest BCUT2D eigenvalue weighted by molar-refractivity contribution is 5.93. The molecule has 122 valence electrons. The van der Waals surface area contributed by atoms with Crippen molar-refractivity contribution in [2.45, 2.75) is 19.8 Å². The molecule has 0 atom stereocenters. The summed E-state index contributed by atoms with van der Waals surface area (Å²) in [7, 11) is 0. The number of benzene rings is 2. The summed E-state index contributed by atoms with van der Waals surface area (Å²) >= 11 is 0. The number of hydrogen-bond acceptors (Lipinski definition) is 3. The van der Waals surface area contributed by atoms with Crippen LogP contribution in [0.1, 0.15) is 19.8 Å². The minimum atomic E-state index is -0.450. The highest BCUT2D eigenvalue weighted by Crippen LogP contribution is 2.16. The molecule has 23 heavy (non-hydrogen) atoms. The van der Waals surface area contributed by atoms with E-state index in [2.05, 4.69) is 17.6 Å². The molecule has 0 bridgehead atoms. The Hall–Kier alpha value is -2.56. The van der Waals surface area contributed by atoms with Gasteiger partial charge in [-0.25, -0.2) is 4.39 Å². The van der Waals surface area contributed by atoms with Crippen LogP contribution in [-0.4, -0.2) is 19.1 Å². The number of hydrogen-bond donors (Lipinski definition) is 2. The maximum absolute atomic E-state index is 13.4. The van der Waals surface area contributed by atoms with Crippen LogP contribution >= 0.6 is 0 Å². The maximum atomic E-state index is 13.4. The maximum Gasteiger partial charge on any atom is 0.243 e. The van der Waals surface area contributed by atoms with E-state index in [-0.39, 0.29) is 18.1 Å². The van der Waals surface area contributed by atoms with E-state index < -0.39 is 5.82 Å². The van der Waals surface area contributed by atoms with Crippen LogP contribution in [-0.2, 0) is 4.79 Å². The Kier molecular flexibility index (Phi) is 6.41. The average Bonchev–Trinajstić information content (AvgIpc) is 2.56. The van der Waals surface area contributed by atoms with Crippen molar-refractivity contribution in [3.63, 3.8) is 0 Å². The van der Waals surface area contributed by atoms with E-state index >= 15 is 0 Å². The Morgan fingerprint density at radius 2 is 1.87 bits per heavy atom. The van der Waals surface area contributed by atoms with Crippen LogP contribution in [0.3, 0.4) is 0 Å². The third kappa shape index (κ3) is 5.62. The van der Waals surface area contributed by atoms with Gasteiger partial charge < -0.3 is 15.4 Å². The van der Waals surface area contributed by atoms with Crippen LogP contribution in [0.15, 0.2) is 48.5 Å². The first kappa shape index (κ1) is 16.8. The highest BCUT2D eigenvalue weighted by Gasteiger charge is 2.06. The van der Waals surface area contributed by atoms with Gasteiger partial charge in [-0.3, -0.25) is 4.79 Å². The molecule has 2 rings (SSSR count).